The largest absolute Gasteiger partial charge is 0.248 e. The molecule has 1 aromatic rings. The monoisotopic (exact) mass is 159 g/mol. The van der Waals surface area contributed by atoms with Crippen molar-refractivity contribution < 1.29 is 8.60 Å². The molecule has 1 atom stereocenters. The average Bonchev–Trinajstić information content (AvgIpc) is 1.88. The van der Waals surface area contributed by atoms with Crippen molar-refractivity contribution in [2.75, 3.05) is 0 Å². The Morgan fingerprint density at radius 2 is 1.80 bits per heavy atom. The van der Waals surface area contributed by atoms with Crippen LogP contribution >= 0.6 is 0 Å². The third kappa shape index (κ3) is 1.62. The standard InChI is InChI=1S/C6H6FNOS/c7-5-1-3-6(4-2-5)10(8)9/h1-4H,8H2. The van der Waals surface area contributed by atoms with Crippen molar-refractivity contribution in [1.82, 2.24) is 0 Å². The highest BCUT2D eigenvalue weighted by Gasteiger charge is 1.95. The van der Waals surface area contributed by atoms with Gasteiger partial charge in [0.05, 0.1) is 4.90 Å². The molecule has 0 bridgehead atoms. The first-order valence-corrected chi connectivity index (χ1v) is 3.83. The Bertz CT molecular complexity index is 246. The van der Waals surface area contributed by atoms with Crippen molar-refractivity contribution >= 4 is 11.0 Å². The highest BCUT2D eigenvalue weighted by Crippen LogP contribution is 2.03. The van der Waals surface area contributed by atoms with Crippen LogP contribution in [0.2, 0.25) is 0 Å². The number of hydrogen-bond acceptors (Lipinski definition) is 1. The van der Waals surface area contributed by atoms with E-state index < -0.39 is 11.0 Å². The van der Waals surface area contributed by atoms with Gasteiger partial charge in [-0.25, -0.2) is 13.7 Å². The molecule has 54 valence electrons. The molecule has 4 heteroatoms. The molecule has 0 aromatic heterocycles. The van der Waals surface area contributed by atoms with Gasteiger partial charge in [-0.2, -0.15) is 0 Å². The predicted octanol–water partition coefficient (Wildman–Crippen LogP) is 0.807. The lowest BCUT2D eigenvalue weighted by molar-refractivity contribution is 0.626. The van der Waals surface area contributed by atoms with Crippen LogP contribution in [0.4, 0.5) is 4.39 Å². The van der Waals surface area contributed by atoms with Crippen LogP contribution < -0.4 is 5.14 Å². The summed E-state index contributed by atoms with van der Waals surface area (Å²) in [6.07, 6.45) is 0. The molecule has 0 saturated heterocycles. The van der Waals surface area contributed by atoms with E-state index in [0.717, 1.165) is 0 Å². The molecule has 0 radical (unpaired) electrons. The van der Waals surface area contributed by atoms with Crippen molar-refractivity contribution in [3.05, 3.63) is 30.1 Å². The molecule has 1 rings (SSSR count). The number of halogens is 1. The lowest BCUT2D eigenvalue weighted by Crippen LogP contribution is -2.01. The van der Waals surface area contributed by atoms with Crippen molar-refractivity contribution in [2.45, 2.75) is 4.90 Å². The Balaban J connectivity index is 3.00. The smallest absolute Gasteiger partial charge is 0.123 e. The number of rotatable bonds is 1. The minimum Gasteiger partial charge on any atom is -0.248 e. The van der Waals surface area contributed by atoms with Crippen molar-refractivity contribution in [2.24, 2.45) is 5.14 Å². The second-order valence-electron chi connectivity index (χ2n) is 1.75. The van der Waals surface area contributed by atoms with E-state index in [0.29, 0.717) is 4.90 Å². The maximum Gasteiger partial charge on any atom is 0.123 e. The zero-order valence-corrected chi connectivity index (χ0v) is 5.90. The van der Waals surface area contributed by atoms with E-state index in [-0.39, 0.29) is 5.82 Å². The molecule has 1 aromatic carbocycles. The molecule has 0 heterocycles. The van der Waals surface area contributed by atoms with E-state index in [1.807, 2.05) is 0 Å². The topological polar surface area (TPSA) is 43.1 Å². The van der Waals surface area contributed by atoms with E-state index in [1.165, 1.54) is 24.3 Å². The van der Waals surface area contributed by atoms with Crippen molar-refractivity contribution in [3.63, 3.8) is 0 Å². The van der Waals surface area contributed by atoms with E-state index in [9.17, 15) is 8.60 Å². The summed E-state index contributed by atoms with van der Waals surface area (Å²) in [5, 5.41) is 5.01. The number of benzene rings is 1. The number of hydrogen-bond donors (Lipinski definition) is 1. The van der Waals surface area contributed by atoms with E-state index in [2.05, 4.69) is 0 Å². The Hall–Kier alpha value is -0.740. The molecule has 0 aliphatic rings. The highest BCUT2D eigenvalue weighted by atomic mass is 32.2. The second-order valence-corrected chi connectivity index (χ2v) is 2.82. The van der Waals surface area contributed by atoms with Crippen LogP contribution in [-0.4, -0.2) is 4.21 Å². The van der Waals surface area contributed by atoms with E-state index >= 15 is 0 Å². The number of nitrogens with two attached hydrogens (primary N) is 1. The van der Waals surface area contributed by atoms with Gasteiger partial charge >= 0.3 is 0 Å². The van der Waals surface area contributed by atoms with Crippen LogP contribution in [0.15, 0.2) is 29.2 Å². The molecule has 2 N–H and O–H groups in total. The molecule has 0 amide bonds. The van der Waals surface area contributed by atoms with E-state index in [4.69, 9.17) is 5.14 Å². The van der Waals surface area contributed by atoms with Crippen LogP contribution in [0.1, 0.15) is 0 Å². The molecule has 0 spiro atoms. The molecule has 0 saturated carbocycles. The molecule has 10 heavy (non-hydrogen) atoms. The zero-order valence-electron chi connectivity index (χ0n) is 5.08. The minimum absolute atomic E-state index is 0.353. The SMILES string of the molecule is NS(=O)c1ccc(F)cc1. The Morgan fingerprint density at radius 3 is 2.20 bits per heavy atom. The molecule has 0 fully saturated rings. The average molecular weight is 159 g/mol. The fourth-order valence-corrected chi connectivity index (χ4v) is 0.973. The Morgan fingerprint density at radius 1 is 1.30 bits per heavy atom. The molecule has 2 nitrogen and oxygen atoms in total. The molecule has 1 unspecified atom stereocenters. The fourth-order valence-electron chi connectivity index (χ4n) is 0.569. The molecular weight excluding hydrogens is 153 g/mol. The first-order valence-electron chi connectivity index (χ1n) is 2.62. The molecule has 0 aliphatic carbocycles. The van der Waals surface area contributed by atoms with Gasteiger partial charge in [0, 0.05) is 0 Å². The van der Waals surface area contributed by atoms with Crippen LogP contribution in [0.3, 0.4) is 0 Å². The summed E-state index contributed by atoms with van der Waals surface area (Å²) in [6, 6.07) is 5.23. The lowest BCUT2D eigenvalue weighted by Gasteiger charge is -1.92. The van der Waals surface area contributed by atoms with Crippen LogP contribution in [-0.2, 0) is 11.0 Å². The van der Waals surface area contributed by atoms with Crippen LogP contribution in [0.25, 0.3) is 0 Å². The maximum absolute atomic E-state index is 12.2. The normalized spacial score (nSPS) is 13.0. The summed E-state index contributed by atoms with van der Waals surface area (Å²) in [6.45, 7) is 0. The van der Waals surface area contributed by atoms with Crippen molar-refractivity contribution in [1.29, 1.82) is 0 Å². The van der Waals surface area contributed by atoms with Gasteiger partial charge in [0.15, 0.2) is 0 Å². The van der Waals surface area contributed by atoms with Gasteiger partial charge in [-0.05, 0) is 24.3 Å². The Kier molecular flexibility index (Phi) is 2.13. The summed E-state index contributed by atoms with van der Waals surface area (Å²) >= 11 is 0. The van der Waals surface area contributed by atoms with Crippen molar-refractivity contribution in [3.8, 4) is 0 Å². The Labute approximate surface area is 60.4 Å². The van der Waals surface area contributed by atoms with Crippen LogP contribution in [0, 0.1) is 5.82 Å². The highest BCUT2D eigenvalue weighted by molar-refractivity contribution is 7.82. The fraction of sp³-hybridized carbons (Fsp3) is 0. The summed E-state index contributed by atoms with van der Waals surface area (Å²) in [5.74, 6) is -0.353. The third-order valence-corrected chi connectivity index (χ3v) is 1.78. The second kappa shape index (κ2) is 2.90. The summed E-state index contributed by atoms with van der Waals surface area (Å²) in [4.78, 5) is 0.432. The van der Waals surface area contributed by atoms with E-state index in [1.54, 1.807) is 0 Å². The minimum atomic E-state index is -1.50. The molecule has 0 aliphatic heterocycles. The quantitative estimate of drug-likeness (QED) is 0.647. The van der Waals surface area contributed by atoms with Gasteiger partial charge < -0.3 is 0 Å². The lowest BCUT2D eigenvalue weighted by atomic mass is 10.4. The van der Waals surface area contributed by atoms with Gasteiger partial charge in [-0.1, -0.05) is 0 Å². The summed E-state index contributed by atoms with van der Waals surface area (Å²) < 4.78 is 22.7. The molecular formula is C6H6FNOS. The third-order valence-electron chi connectivity index (χ3n) is 1.05. The predicted molar refractivity (Wildman–Crippen MR) is 37.0 cm³/mol. The van der Waals surface area contributed by atoms with Gasteiger partial charge in [-0.3, -0.25) is 0 Å². The maximum atomic E-state index is 12.2. The van der Waals surface area contributed by atoms with Gasteiger partial charge in [-0.15, -0.1) is 0 Å². The first-order chi connectivity index (χ1) is 4.70. The van der Waals surface area contributed by atoms with Crippen LogP contribution in [0.5, 0.6) is 0 Å². The van der Waals surface area contributed by atoms with Gasteiger partial charge in [0.25, 0.3) is 0 Å². The summed E-state index contributed by atoms with van der Waals surface area (Å²) in [5.41, 5.74) is 0. The van der Waals surface area contributed by atoms with Gasteiger partial charge in [0.2, 0.25) is 0 Å². The van der Waals surface area contributed by atoms with Gasteiger partial charge in [0.1, 0.15) is 16.8 Å². The summed E-state index contributed by atoms with van der Waals surface area (Å²) in [7, 11) is -1.50. The zero-order chi connectivity index (χ0) is 7.56. The first kappa shape index (κ1) is 7.37.